The molecule has 1 saturated carbocycles. The van der Waals surface area contributed by atoms with E-state index in [2.05, 4.69) is 15.3 Å². The van der Waals surface area contributed by atoms with Crippen molar-refractivity contribution in [1.82, 2.24) is 15.3 Å². The van der Waals surface area contributed by atoms with Gasteiger partial charge in [0, 0.05) is 6.04 Å². The lowest BCUT2D eigenvalue weighted by molar-refractivity contribution is 0.629. The van der Waals surface area contributed by atoms with Crippen LogP contribution in [0.25, 0.3) is 11.0 Å². The van der Waals surface area contributed by atoms with E-state index in [9.17, 15) is 4.39 Å². The molecule has 15 heavy (non-hydrogen) atoms. The molecule has 0 atom stereocenters. The zero-order valence-corrected chi connectivity index (χ0v) is 8.26. The molecule has 0 bridgehead atoms. The molecule has 3 rings (SSSR count). The topological polar surface area (TPSA) is 40.7 Å². The summed E-state index contributed by atoms with van der Waals surface area (Å²) >= 11 is 0. The quantitative estimate of drug-likeness (QED) is 0.804. The van der Waals surface area contributed by atoms with Gasteiger partial charge < -0.3 is 10.3 Å². The lowest BCUT2D eigenvalue weighted by Gasteiger charge is -1.96. The third-order valence-corrected chi connectivity index (χ3v) is 2.63. The summed E-state index contributed by atoms with van der Waals surface area (Å²) < 4.78 is 12.9. The molecule has 2 N–H and O–H groups in total. The Kier molecular flexibility index (Phi) is 1.95. The number of H-pyrrole nitrogens is 1. The van der Waals surface area contributed by atoms with Gasteiger partial charge in [-0.1, -0.05) is 0 Å². The number of aromatic nitrogens is 2. The van der Waals surface area contributed by atoms with E-state index in [1.807, 2.05) is 0 Å². The van der Waals surface area contributed by atoms with Gasteiger partial charge in [0.2, 0.25) is 0 Å². The minimum absolute atomic E-state index is 0.229. The zero-order chi connectivity index (χ0) is 10.3. The Hall–Kier alpha value is -1.42. The van der Waals surface area contributed by atoms with Crippen LogP contribution in [-0.2, 0) is 6.54 Å². The van der Waals surface area contributed by atoms with E-state index in [0.717, 1.165) is 23.4 Å². The summed E-state index contributed by atoms with van der Waals surface area (Å²) in [6.45, 7) is 0.737. The molecule has 0 radical (unpaired) electrons. The highest BCUT2D eigenvalue weighted by Crippen LogP contribution is 2.19. The maximum absolute atomic E-state index is 12.9. The molecule has 1 aromatic carbocycles. The van der Waals surface area contributed by atoms with Crippen molar-refractivity contribution in [2.75, 3.05) is 0 Å². The molecule has 1 aliphatic carbocycles. The minimum atomic E-state index is -0.229. The van der Waals surface area contributed by atoms with Gasteiger partial charge >= 0.3 is 0 Å². The summed E-state index contributed by atoms with van der Waals surface area (Å²) in [6.07, 6.45) is 2.52. The maximum Gasteiger partial charge on any atom is 0.125 e. The van der Waals surface area contributed by atoms with Crippen molar-refractivity contribution in [3.05, 3.63) is 29.8 Å². The first kappa shape index (κ1) is 8.85. The number of rotatable bonds is 3. The molecule has 2 aromatic rings. The molecule has 78 valence electrons. The van der Waals surface area contributed by atoms with Crippen molar-refractivity contribution in [3.63, 3.8) is 0 Å². The molecule has 3 nitrogen and oxygen atoms in total. The van der Waals surface area contributed by atoms with E-state index in [4.69, 9.17) is 0 Å². The predicted molar refractivity (Wildman–Crippen MR) is 55.9 cm³/mol. The van der Waals surface area contributed by atoms with E-state index in [1.165, 1.54) is 25.0 Å². The Morgan fingerprint density at radius 2 is 2.33 bits per heavy atom. The van der Waals surface area contributed by atoms with Gasteiger partial charge in [0.15, 0.2) is 0 Å². The first-order valence-electron chi connectivity index (χ1n) is 5.19. The van der Waals surface area contributed by atoms with Crippen LogP contribution in [0.3, 0.4) is 0 Å². The summed E-state index contributed by atoms with van der Waals surface area (Å²) in [4.78, 5) is 7.47. The number of benzene rings is 1. The van der Waals surface area contributed by atoms with Gasteiger partial charge in [0.1, 0.15) is 11.6 Å². The van der Waals surface area contributed by atoms with Crippen LogP contribution in [0.1, 0.15) is 18.7 Å². The SMILES string of the molecule is Fc1ccc2nc(CNC3CC3)[nH]c2c1. The number of nitrogens with one attached hydrogen (secondary N) is 2. The van der Waals surface area contributed by atoms with Crippen molar-refractivity contribution >= 4 is 11.0 Å². The second kappa shape index (κ2) is 3.31. The monoisotopic (exact) mass is 205 g/mol. The second-order valence-corrected chi connectivity index (χ2v) is 4.00. The van der Waals surface area contributed by atoms with E-state index >= 15 is 0 Å². The predicted octanol–water partition coefficient (Wildman–Crippen LogP) is 1.95. The Morgan fingerprint density at radius 1 is 1.47 bits per heavy atom. The molecule has 1 aromatic heterocycles. The average molecular weight is 205 g/mol. The molecular formula is C11H12FN3. The summed E-state index contributed by atoms with van der Waals surface area (Å²) in [6, 6.07) is 5.27. The molecule has 0 amide bonds. The van der Waals surface area contributed by atoms with Gasteiger partial charge in [0.05, 0.1) is 17.6 Å². The zero-order valence-electron chi connectivity index (χ0n) is 8.26. The van der Waals surface area contributed by atoms with Crippen LogP contribution in [0, 0.1) is 5.82 Å². The molecule has 1 fully saturated rings. The highest BCUT2D eigenvalue weighted by atomic mass is 19.1. The number of hydrogen-bond donors (Lipinski definition) is 2. The van der Waals surface area contributed by atoms with E-state index in [1.54, 1.807) is 6.07 Å². The van der Waals surface area contributed by atoms with Crippen LogP contribution < -0.4 is 5.32 Å². The summed E-state index contributed by atoms with van der Waals surface area (Å²) in [5.41, 5.74) is 1.59. The van der Waals surface area contributed by atoms with Crippen LogP contribution in [0.4, 0.5) is 4.39 Å². The van der Waals surface area contributed by atoms with Crippen LogP contribution in [0.2, 0.25) is 0 Å². The average Bonchev–Trinajstić information content (AvgIpc) is 2.95. The van der Waals surface area contributed by atoms with Gasteiger partial charge in [-0.05, 0) is 31.0 Å². The molecule has 0 saturated heterocycles. The Labute approximate surface area is 86.7 Å². The van der Waals surface area contributed by atoms with Gasteiger partial charge in [-0.2, -0.15) is 0 Å². The number of aromatic amines is 1. The summed E-state index contributed by atoms with van der Waals surface area (Å²) in [5.74, 6) is 0.648. The molecular weight excluding hydrogens is 193 g/mol. The largest absolute Gasteiger partial charge is 0.341 e. The number of fused-ring (bicyclic) bond motifs is 1. The summed E-state index contributed by atoms with van der Waals surface area (Å²) in [5, 5.41) is 3.36. The lowest BCUT2D eigenvalue weighted by atomic mass is 10.3. The van der Waals surface area contributed by atoms with Crippen molar-refractivity contribution in [3.8, 4) is 0 Å². The van der Waals surface area contributed by atoms with Gasteiger partial charge in [-0.3, -0.25) is 0 Å². The smallest absolute Gasteiger partial charge is 0.125 e. The van der Waals surface area contributed by atoms with Crippen LogP contribution in [0.15, 0.2) is 18.2 Å². The number of hydrogen-bond acceptors (Lipinski definition) is 2. The number of imidazole rings is 1. The molecule has 1 heterocycles. The minimum Gasteiger partial charge on any atom is -0.341 e. The lowest BCUT2D eigenvalue weighted by Crippen LogP contribution is -2.16. The fourth-order valence-corrected chi connectivity index (χ4v) is 1.65. The van der Waals surface area contributed by atoms with Gasteiger partial charge in [-0.15, -0.1) is 0 Å². The number of halogens is 1. The molecule has 0 unspecified atom stereocenters. The standard InChI is InChI=1S/C11H12FN3/c12-7-1-4-9-10(5-7)15-11(14-9)6-13-8-2-3-8/h1,4-5,8,13H,2-3,6H2,(H,14,15). The van der Waals surface area contributed by atoms with Crippen molar-refractivity contribution in [2.24, 2.45) is 0 Å². The van der Waals surface area contributed by atoms with Crippen LogP contribution >= 0.6 is 0 Å². The van der Waals surface area contributed by atoms with Gasteiger partial charge in [0.25, 0.3) is 0 Å². The Balaban J connectivity index is 1.84. The fraction of sp³-hybridized carbons (Fsp3) is 0.364. The van der Waals surface area contributed by atoms with E-state index in [0.29, 0.717) is 6.04 Å². The maximum atomic E-state index is 12.9. The first-order chi connectivity index (χ1) is 7.31. The highest BCUT2D eigenvalue weighted by Gasteiger charge is 2.20. The molecule has 4 heteroatoms. The van der Waals surface area contributed by atoms with E-state index < -0.39 is 0 Å². The molecule has 0 aliphatic heterocycles. The Bertz CT molecular complexity index is 488. The third-order valence-electron chi connectivity index (χ3n) is 2.63. The second-order valence-electron chi connectivity index (χ2n) is 4.00. The fourth-order valence-electron chi connectivity index (χ4n) is 1.65. The normalized spacial score (nSPS) is 16.1. The van der Waals surface area contributed by atoms with E-state index in [-0.39, 0.29) is 5.82 Å². The van der Waals surface area contributed by atoms with Crippen LogP contribution in [0.5, 0.6) is 0 Å². The third kappa shape index (κ3) is 1.85. The number of nitrogens with zero attached hydrogens (tertiary/aromatic N) is 1. The van der Waals surface area contributed by atoms with Gasteiger partial charge in [-0.25, -0.2) is 9.37 Å². The molecule has 1 aliphatic rings. The Morgan fingerprint density at radius 3 is 3.13 bits per heavy atom. The van der Waals surface area contributed by atoms with Crippen molar-refractivity contribution < 1.29 is 4.39 Å². The van der Waals surface area contributed by atoms with Crippen molar-refractivity contribution in [1.29, 1.82) is 0 Å². The first-order valence-corrected chi connectivity index (χ1v) is 5.19. The molecule has 0 spiro atoms. The van der Waals surface area contributed by atoms with Crippen LogP contribution in [-0.4, -0.2) is 16.0 Å². The highest BCUT2D eigenvalue weighted by molar-refractivity contribution is 5.74. The van der Waals surface area contributed by atoms with Crippen molar-refractivity contribution in [2.45, 2.75) is 25.4 Å². The summed E-state index contributed by atoms with van der Waals surface area (Å²) in [7, 11) is 0.